The van der Waals surface area contributed by atoms with Gasteiger partial charge in [-0.1, -0.05) is 12.1 Å². The average Bonchev–Trinajstić information content (AvgIpc) is 2.85. The van der Waals surface area contributed by atoms with Crippen LogP contribution in [0.15, 0.2) is 41.5 Å². The number of aromatic nitrogens is 1. The van der Waals surface area contributed by atoms with Crippen molar-refractivity contribution in [1.82, 2.24) is 15.6 Å². The Morgan fingerprint density at radius 3 is 3.06 bits per heavy atom. The molecule has 1 aromatic heterocycles. The summed E-state index contributed by atoms with van der Waals surface area (Å²) >= 11 is 0. The van der Waals surface area contributed by atoms with Gasteiger partial charge in [0.15, 0.2) is 6.29 Å². The largest absolute Gasteiger partial charge is 0.373 e. The molecular formula is C13H15N5. The third-order valence-corrected chi connectivity index (χ3v) is 3.00. The number of rotatable bonds is 1. The Morgan fingerprint density at radius 2 is 2.22 bits per heavy atom. The Bertz CT molecular complexity index is 638. The summed E-state index contributed by atoms with van der Waals surface area (Å²) in [6.45, 7) is 0. The first-order valence-corrected chi connectivity index (χ1v) is 5.84. The maximum absolute atomic E-state index is 5.86. The highest BCUT2D eigenvalue weighted by Crippen LogP contribution is 2.24. The molecule has 2 aromatic rings. The monoisotopic (exact) mass is 241 g/mol. The van der Waals surface area contributed by atoms with E-state index in [1.54, 1.807) is 0 Å². The van der Waals surface area contributed by atoms with Crippen molar-refractivity contribution in [2.24, 2.45) is 10.7 Å². The molecule has 1 aromatic carbocycles. The summed E-state index contributed by atoms with van der Waals surface area (Å²) in [6, 6.07) is 8.20. The van der Waals surface area contributed by atoms with Gasteiger partial charge in [0, 0.05) is 41.5 Å². The van der Waals surface area contributed by atoms with Crippen molar-refractivity contribution in [3.8, 4) is 0 Å². The van der Waals surface area contributed by atoms with Crippen LogP contribution in [0.3, 0.4) is 0 Å². The van der Waals surface area contributed by atoms with Crippen molar-refractivity contribution in [1.29, 1.82) is 0 Å². The van der Waals surface area contributed by atoms with Crippen LogP contribution in [-0.4, -0.2) is 24.2 Å². The first-order valence-electron chi connectivity index (χ1n) is 5.84. The second kappa shape index (κ2) is 4.19. The van der Waals surface area contributed by atoms with Crippen LogP contribution in [-0.2, 0) is 0 Å². The molecule has 1 unspecified atom stereocenters. The summed E-state index contributed by atoms with van der Waals surface area (Å²) in [7, 11) is 1.84. The zero-order valence-electron chi connectivity index (χ0n) is 10.1. The summed E-state index contributed by atoms with van der Waals surface area (Å²) < 4.78 is 0. The lowest BCUT2D eigenvalue weighted by Gasteiger charge is -2.21. The minimum atomic E-state index is -0.415. The molecule has 92 valence electrons. The molecule has 1 aliphatic heterocycles. The van der Waals surface area contributed by atoms with Crippen molar-refractivity contribution >= 4 is 22.4 Å². The van der Waals surface area contributed by atoms with Gasteiger partial charge in [0.05, 0.1) is 0 Å². The number of nitrogens with zero attached hydrogens (tertiary/aromatic N) is 1. The summed E-state index contributed by atoms with van der Waals surface area (Å²) in [6.07, 6.45) is 3.48. The lowest BCUT2D eigenvalue weighted by molar-refractivity contribution is 0.645. The number of fused-ring (bicyclic) bond motifs is 1. The fourth-order valence-corrected chi connectivity index (χ4v) is 2.17. The van der Waals surface area contributed by atoms with Crippen LogP contribution in [0, 0.1) is 0 Å². The molecule has 0 amide bonds. The Balaban J connectivity index is 2.12. The molecule has 0 aliphatic carbocycles. The third kappa shape index (κ3) is 1.74. The summed E-state index contributed by atoms with van der Waals surface area (Å²) in [5.41, 5.74) is 9.07. The van der Waals surface area contributed by atoms with E-state index in [-0.39, 0.29) is 0 Å². The standard InChI is InChI=1S/C13H15N5/c1-15-12-7-11(17-13(14)18-12)8-3-2-4-10-9(8)5-6-16-10/h2-7,13,16-17H,14H2,1H3,(H,15,18). The molecule has 0 spiro atoms. The Hall–Kier alpha value is -2.27. The molecule has 5 heteroatoms. The maximum atomic E-state index is 5.86. The highest BCUT2D eigenvalue weighted by molar-refractivity contribution is 6.03. The number of aliphatic imine (C=N–C) groups is 1. The number of amidine groups is 1. The minimum absolute atomic E-state index is 0.415. The second-order valence-electron chi connectivity index (χ2n) is 4.16. The van der Waals surface area contributed by atoms with Crippen LogP contribution in [0.25, 0.3) is 16.6 Å². The van der Waals surface area contributed by atoms with Gasteiger partial charge < -0.3 is 15.6 Å². The summed E-state index contributed by atoms with van der Waals surface area (Å²) in [5, 5.41) is 7.37. The fraction of sp³-hybridized carbons (Fsp3) is 0.154. The van der Waals surface area contributed by atoms with E-state index in [1.165, 1.54) is 5.39 Å². The number of likely N-dealkylation sites (N-methyl/N-ethyl adjacent to an activating group) is 1. The van der Waals surface area contributed by atoms with Gasteiger partial charge in [-0.15, -0.1) is 0 Å². The van der Waals surface area contributed by atoms with Crippen molar-refractivity contribution in [3.05, 3.63) is 42.1 Å². The maximum Gasteiger partial charge on any atom is 0.173 e. The molecule has 0 saturated heterocycles. The van der Waals surface area contributed by atoms with Crippen LogP contribution in [0.1, 0.15) is 5.56 Å². The molecule has 5 nitrogen and oxygen atoms in total. The first-order chi connectivity index (χ1) is 8.78. The molecule has 0 radical (unpaired) electrons. The predicted molar refractivity (Wildman–Crippen MR) is 73.9 cm³/mol. The van der Waals surface area contributed by atoms with Gasteiger partial charge >= 0.3 is 0 Å². The van der Waals surface area contributed by atoms with E-state index in [0.717, 1.165) is 22.6 Å². The number of aromatic amines is 1. The Labute approximate surface area is 105 Å². The SMILES string of the molecule is CNC1=NC(N)NC(c2cccc3[nH]ccc23)=C1. The van der Waals surface area contributed by atoms with Gasteiger partial charge in [-0.25, -0.2) is 4.99 Å². The third-order valence-electron chi connectivity index (χ3n) is 3.00. The molecular weight excluding hydrogens is 226 g/mol. The van der Waals surface area contributed by atoms with Gasteiger partial charge in [-0.05, 0) is 12.1 Å². The van der Waals surface area contributed by atoms with Crippen LogP contribution in [0.4, 0.5) is 0 Å². The molecule has 2 heterocycles. The molecule has 18 heavy (non-hydrogen) atoms. The van der Waals surface area contributed by atoms with E-state index in [2.05, 4.69) is 38.8 Å². The number of benzene rings is 1. The van der Waals surface area contributed by atoms with E-state index < -0.39 is 6.29 Å². The topological polar surface area (TPSA) is 78.2 Å². The molecule has 0 bridgehead atoms. The molecule has 1 atom stereocenters. The fourth-order valence-electron chi connectivity index (χ4n) is 2.17. The lowest BCUT2D eigenvalue weighted by Crippen LogP contribution is -2.40. The van der Waals surface area contributed by atoms with Crippen molar-refractivity contribution in [3.63, 3.8) is 0 Å². The Kier molecular flexibility index (Phi) is 2.53. The van der Waals surface area contributed by atoms with E-state index in [0.29, 0.717) is 0 Å². The quantitative estimate of drug-likeness (QED) is 0.601. The van der Waals surface area contributed by atoms with Gasteiger partial charge in [-0.3, -0.25) is 5.73 Å². The highest BCUT2D eigenvalue weighted by Gasteiger charge is 2.14. The first kappa shape index (κ1) is 10.9. The molecule has 3 rings (SSSR count). The number of H-pyrrole nitrogens is 1. The molecule has 0 fully saturated rings. The Morgan fingerprint density at radius 1 is 1.33 bits per heavy atom. The second-order valence-corrected chi connectivity index (χ2v) is 4.16. The number of hydrogen-bond acceptors (Lipinski definition) is 4. The smallest absolute Gasteiger partial charge is 0.173 e. The zero-order chi connectivity index (χ0) is 12.5. The summed E-state index contributed by atoms with van der Waals surface area (Å²) in [5.74, 6) is 0.781. The van der Waals surface area contributed by atoms with E-state index in [1.807, 2.05) is 25.4 Å². The van der Waals surface area contributed by atoms with Crippen molar-refractivity contribution in [2.45, 2.75) is 6.29 Å². The van der Waals surface area contributed by atoms with Crippen molar-refractivity contribution in [2.75, 3.05) is 7.05 Å². The minimum Gasteiger partial charge on any atom is -0.373 e. The van der Waals surface area contributed by atoms with E-state index >= 15 is 0 Å². The van der Waals surface area contributed by atoms with Crippen LogP contribution >= 0.6 is 0 Å². The van der Waals surface area contributed by atoms with Gasteiger partial charge in [0.25, 0.3) is 0 Å². The molecule has 1 aliphatic rings. The number of hydrogen-bond donors (Lipinski definition) is 4. The zero-order valence-corrected chi connectivity index (χ0v) is 10.1. The molecule has 5 N–H and O–H groups in total. The number of nitrogens with two attached hydrogens (primary N) is 1. The van der Waals surface area contributed by atoms with Crippen LogP contribution in [0.5, 0.6) is 0 Å². The van der Waals surface area contributed by atoms with Gasteiger partial charge in [-0.2, -0.15) is 0 Å². The number of nitrogens with one attached hydrogen (secondary N) is 3. The normalized spacial score (nSPS) is 19.1. The lowest BCUT2D eigenvalue weighted by atomic mass is 10.1. The predicted octanol–water partition coefficient (Wildman–Crippen LogP) is 0.972. The van der Waals surface area contributed by atoms with Crippen LogP contribution < -0.4 is 16.4 Å². The van der Waals surface area contributed by atoms with E-state index in [4.69, 9.17) is 5.73 Å². The van der Waals surface area contributed by atoms with Crippen molar-refractivity contribution < 1.29 is 0 Å². The average molecular weight is 241 g/mol. The summed E-state index contributed by atoms with van der Waals surface area (Å²) in [4.78, 5) is 7.44. The van der Waals surface area contributed by atoms with Gasteiger partial charge in [0.1, 0.15) is 5.84 Å². The van der Waals surface area contributed by atoms with Crippen LogP contribution in [0.2, 0.25) is 0 Å². The van der Waals surface area contributed by atoms with E-state index in [9.17, 15) is 0 Å². The highest BCUT2D eigenvalue weighted by atomic mass is 15.2. The van der Waals surface area contributed by atoms with Gasteiger partial charge in [0.2, 0.25) is 0 Å². The molecule has 0 saturated carbocycles.